The van der Waals surface area contributed by atoms with Crippen molar-refractivity contribution in [2.75, 3.05) is 11.4 Å². The van der Waals surface area contributed by atoms with Gasteiger partial charge >= 0.3 is 0 Å². The maximum absolute atomic E-state index is 13.1. The largest absolute Gasteiger partial charge is 0.392 e. The van der Waals surface area contributed by atoms with Crippen LogP contribution in [0.4, 0.5) is 10.1 Å². The number of anilines is 1. The molecule has 1 fully saturated rings. The van der Waals surface area contributed by atoms with Crippen molar-refractivity contribution in [1.82, 2.24) is 0 Å². The fourth-order valence-electron chi connectivity index (χ4n) is 2.48. The molecule has 1 aliphatic rings. The Balaban J connectivity index is 2.36. The molecule has 0 radical (unpaired) electrons. The van der Waals surface area contributed by atoms with Gasteiger partial charge in [-0.1, -0.05) is 0 Å². The first-order valence-corrected chi connectivity index (χ1v) is 6.08. The van der Waals surface area contributed by atoms with Gasteiger partial charge in [-0.05, 0) is 37.5 Å². The highest BCUT2D eigenvalue weighted by molar-refractivity contribution is 5.84. The van der Waals surface area contributed by atoms with Crippen LogP contribution in [0.2, 0.25) is 0 Å². The average molecular weight is 252 g/mol. The fraction of sp³-hybridized carbons (Fsp3) is 0.462. The van der Waals surface area contributed by atoms with Crippen molar-refractivity contribution < 1.29 is 14.3 Å². The highest BCUT2D eigenvalue weighted by Crippen LogP contribution is 2.28. The summed E-state index contributed by atoms with van der Waals surface area (Å²) in [5, 5.41) is 9.29. The van der Waals surface area contributed by atoms with E-state index in [4.69, 9.17) is 5.73 Å². The Hall–Kier alpha value is -1.62. The Labute approximate surface area is 105 Å². The number of nitrogens with zero attached hydrogens (tertiary/aromatic N) is 1. The SMILES string of the molecule is NC(=O)C1CCCCN1c1ccc(F)cc1CO. The van der Waals surface area contributed by atoms with E-state index in [-0.39, 0.29) is 18.6 Å². The molecule has 3 N–H and O–H groups in total. The molecule has 5 heteroatoms. The normalized spacial score (nSPS) is 19.9. The minimum absolute atomic E-state index is 0.255. The van der Waals surface area contributed by atoms with Gasteiger partial charge in [0.05, 0.1) is 6.61 Å². The van der Waals surface area contributed by atoms with Crippen molar-refractivity contribution in [2.45, 2.75) is 31.9 Å². The number of carbonyl (C=O) groups excluding carboxylic acids is 1. The van der Waals surface area contributed by atoms with E-state index in [1.54, 1.807) is 6.07 Å². The van der Waals surface area contributed by atoms with Gasteiger partial charge in [-0.15, -0.1) is 0 Å². The summed E-state index contributed by atoms with van der Waals surface area (Å²) in [5.41, 5.74) is 6.58. The molecule has 0 saturated carbocycles. The standard InChI is InChI=1S/C13H17FN2O2/c14-10-4-5-11(9(7-10)8-17)16-6-2-1-3-12(16)13(15)18/h4-5,7,12,17H,1-3,6,8H2,(H2,15,18). The van der Waals surface area contributed by atoms with Crippen LogP contribution in [0, 0.1) is 5.82 Å². The fourth-order valence-corrected chi connectivity index (χ4v) is 2.48. The van der Waals surface area contributed by atoms with Crippen molar-refractivity contribution in [1.29, 1.82) is 0 Å². The van der Waals surface area contributed by atoms with E-state index in [0.29, 0.717) is 24.2 Å². The Morgan fingerprint density at radius 2 is 2.28 bits per heavy atom. The van der Waals surface area contributed by atoms with Gasteiger partial charge in [0.15, 0.2) is 0 Å². The number of hydrogen-bond acceptors (Lipinski definition) is 3. The molecule has 1 aromatic rings. The Morgan fingerprint density at radius 1 is 1.50 bits per heavy atom. The number of halogens is 1. The summed E-state index contributed by atoms with van der Waals surface area (Å²) in [6.45, 7) is 0.446. The van der Waals surface area contributed by atoms with Crippen molar-refractivity contribution in [3.05, 3.63) is 29.6 Å². The van der Waals surface area contributed by atoms with Gasteiger partial charge in [-0.3, -0.25) is 4.79 Å². The molecule has 4 nitrogen and oxygen atoms in total. The molecule has 0 bridgehead atoms. The van der Waals surface area contributed by atoms with E-state index in [0.717, 1.165) is 12.8 Å². The number of amides is 1. The van der Waals surface area contributed by atoms with E-state index < -0.39 is 5.82 Å². The van der Waals surface area contributed by atoms with Crippen LogP contribution in [0.3, 0.4) is 0 Å². The second kappa shape index (κ2) is 5.35. The highest BCUT2D eigenvalue weighted by atomic mass is 19.1. The van der Waals surface area contributed by atoms with E-state index in [2.05, 4.69) is 0 Å². The Bertz CT molecular complexity index is 451. The van der Waals surface area contributed by atoms with Crippen molar-refractivity contribution in [3.63, 3.8) is 0 Å². The molecule has 0 aliphatic carbocycles. The lowest BCUT2D eigenvalue weighted by molar-refractivity contribution is -0.119. The summed E-state index contributed by atoms with van der Waals surface area (Å²) in [5.74, 6) is -0.765. The minimum Gasteiger partial charge on any atom is -0.392 e. The lowest BCUT2D eigenvalue weighted by atomic mass is 9.99. The van der Waals surface area contributed by atoms with Crippen molar-refractivity contribution >= 4 is 11.6 Å². The minimum atomic E-state index is -0.393. The average Bonchev–Trinajstić information content (AvgIpc) is 2.38. The van der Waals surface area contributed by atoms with Crippen molar-refractivity contribution in [3.8, 4) is 0 Å². The van der Waals surface area contributed by atoms with E-state index >= 15 is 0 Å². The number of nitrogens with two attached hydrogens (primary N) is 1. The van der Waals surface area contributed by atoms with E-state index in [9.17, 15) is 14.3 Å². The molecule has 98 valence electrons. The summed E-state index contributed by atoms with van der Waals surface area (Å²) in [6.07, 6.45) is 2.63. The van der Waals surface area contributed by atoms with Gasteiger partial charge in [-0.2, -0.15) is 0 Å². The maximum Gasteiger partial charge on any atom is 0.240 e. The third-order valence-corrected chi connectivity index (χ3v) is 3.35. The van der Waals surface area contributed by atoms with E-state index in [1.165, 1.54) is 12.1 Å². The van der Waals surface area contributed by atoms with Gasteiger partial charge in [0, 0.05) is 17.8 Å². The monoisotopic (exact) mass is 252 g/mol. The first-order chi connectivity index (χ1) is 8.63. The summed E-state index contributed by atoms with van der Waals surface area (Å²) in [6, 6.07) is 3.86. The van der Waals surface area contributed by atoms with Crippen LogP contribution in [0.1, 0.15) is 24.8 Å². The third-order valence-electron chi connectivity index (χ3n) is 3.35. The molecule has 0 spiro atoms. The molecule has 18 heavy (non-hydrogen) atoms. The summed E-state index contributed by atoms with van der Waals surface area (Å²) >= 11 is 0. The lowest BCUT2D eigenvalue weighted by Crippen LogP contribution is -2.48. The van der Waals surface area contributed by atoms with Crippen molar-refractivity contribution in [2.24, 2.45) is 5.73 Å². The molecule has 1 aliphatic heterocycles. The van der Waals surface area contributed by atoms with Crippen LogP contribution in [0.15, 0.2) is 18.2 Å². The summed E-state index contributed by atoms with van der Waals surface area (Å²) in [7, 11) is 0. The molecule has 1 heterocycles. The number of aliphatic hydroxyl groups excluding tert-OH is 1. The first-order valence-electron chi connectivity index (χ1n) is 6.08. The zero-order chi connectivity index (χ0) is 13.1. The third kappa shape index (κ3) is 2.46. The lowest BCUT2D eigenvalue weighted by Gasteiger charge is -2.36. The molecule has 1 aromatic carbocycles. The Kier molecular flexibility index (Phi) is 3.81. The molecule has 2 rings (SSSR count). The topological polar surface area (TPSA) is 66.6 Å². The Morgan fingerprint density at radius 3 is 2.94 bits per heavy atom. The number of carbonyl (C=O) groups is 1. The van der Waals surface area contributed by atoms with Gasteiger partial charge in [0.25, 0.3) is 0 Å². The van der Waals surface area contributed by atoms with Crippen LogP contribution in [-0.2, 0) is 11.4 Å². The van der Waals surface area contributed by atoms with Crippen LogP contribution < -0.4 is 10.6 Å². The highest BCUT2D eigenvalue weighted by Gasteiger charge is 2.28. The smallest absolute Gasteiger partial charge is 0.240 e. The number of primary amides is 1. The van der Waals surface area contributed by atoms with Crippen LogP contribution >= 0.6 is 0 Å². The number of hydrogen-bond donors (Lipinski definition) is 2. The van der Waals surface area contributed by atoms with Gasteiger partial charge in [0.1, 0.15) is 11.9 Å². The molecular formula is C13H17FN2O2. The summed E-state index contributed by atoms with van der Waals surface area (Å²) in [4.78, 5) is 13.3. The van der Waals surface area contributed by atoms with Crippen LogP contribution in [0.5, 0.6) is 0 Å². The second-order valence-electron chi connectivity index (χ2n) is 4.54. The molecular weight excluding hydrogens is 235 g/mol. The molecule has 1 saturated heterocycles. The number of benzene rings is 1. The van der Waals surface area contributed by atoms with Crippen LogP contribution in [-0.4, -0.2) is 23.6 Å². The first kappa shape index (κ1) is 12.8. The second-order valence-corrected chi connectivity index (χ2v) is 4.54. The van der Waals surface area contributed by atoms with Crippen LogP contribution in [0.25, 0.3) is 0 Å². The molecule has 1 atom stereocenters. The predicted octanol–water partition coefficient (Wildman–Crippen LogP) is 1.16. The predicted molar refractivity (Wildman–Crippen MR) is 66.5 cm³/mol. The summed E-state index contributed by atoms with van der Waals surface area (Å²) < 4.78 is 13.1. The maximum atomic E-state index is 13.1. The quantitative estimate of drug-likeness (QED) is 0.848. The van der Waals surface area contributed by atoms with Gasteiger partial charge in [0.2, 0.25) is 5.91 Å². The number of piperidine rings is 1. The number of rotatable bonds is 3. The van der Waals surface area contributed by atoms with Gasteiger partial charge in [-0.25, -0.2) is 4.39 Å². The van der Waals surface area contributed by atoms with Gasteiger partial charge < -0.3 is 15.7 Å². The molecule has 1 unspecified atom stereocenters. The van der Waals surface area contributed by atoms with E-state index in [1.807, 2.05) is 4.90 Å². The number of aliphatic hydroxyl groups is 1. The zero-order valence-corrected chi connectivity index (χ0v) is 10.1. The molecule has 1 amide bonds. The molecule has 0 aromatic heterocycles. The zero-order valence-electron chi connectivity index (χ0n) is 10.1.